The van der Waals surface area contributed by atoms with Crippen LogP contribution in [0.4, 0.5) is 13.2 Å². The van der Waals surface area contributed by atoms with Crippen molar-refractivity contribution in [2.75, 3.05) is 0 Å². The number of thioether (sulfide) groups is 1. The van der Waals surface area contributed by atoms with E-state index in [-0.39, 0.29) is 5.56 Å². The lowest BCUT2D eigenvalue weighted by Gasteiger charge is -2.10. The zero-order valence-corrected chi connectivity index (χ0v) is 15.6. The zero-order chi connectivity index (χ0) is 19.9. The first kappa shape index (κ1) is 18.5. The second-order valence-corrected chi connectivity index (χ2v) is 7.11. The predicted molar refractivity (Wildman–Crippen MR) is 101 cm³/mol. The van der Waals surface area contributed by atoms with Crippen LogP contribution >= 0.6 is 11.8 Å². The van der Waals surface area contributed by atoms with E-state index in [1.165, 1.54) is 22.4 Å². The van der Waals surface area contributed by atoms with Crippen LogP contribution in [-0.4, -0.2) is 19.2 Å². The molecule has 5 nitrogen and oxygen atoms in total. The van der Waals surface area contributed by atoms with Crippen molar-refractivity contribution >= 4 is 28.4 Å². The molecule has 0 aliphatic heterocycles. The van der Waals surface area contributed by atoms with Gasteiger partial charge in [-0.1, -0.05) is 42.1 Å². The van der Waals surface area contributed by atoms with Crippen molar-refractivity contribution in [1.82, 2.24) is 19.2 Å². The van der Waals surface area contributed by atoms with Crippen molar-refractivity contribution in [3.05, 3.63) is 70.0 Å². The summed E-state index contributed by atoms with van der Waals surface area (Å²) in [5.41, 5.74) is 0.378. The third-order valence-electron chi connectivity index (χ3n) is 4.42. The number of aromatic nitrogens is 4. The Bertz CT molecular complexity index is 1230. The van der Waals surface area contributed by atoms with Crippen LogP contribution in [0.15, 0.2) is 58.5 Å². The SMILES string of the molecule is CCn1c(=O)c2ccccc2n2c(SCc3cccc(C(F)(F)F)c3)nnc12. The van der Waals surface area contributed by atoms with Gasteiger partial charge in [-0.25, -0.2) is 0 Å². The molecular formula is C19H15F3N4OS. The maximum atomic E-state index is 12.9. The highest BCUT2D eigenvalue weighted by molar-refractivity contribution is 7.98. The van der Waals surface area contributed by atoms with E-state index in [4.69, 9.17) is 0 Å². The molecule has 2 aromatic heterocycles. The lowest BCUT2D eigenvalue weighted by Crippen LogP contribution is -2.22. The number of alkyl halides is 3. The quantitative estimate of drug-likeness (QED) is 0.474. The first-order valence-corrected chi connectivity index (χ1v) is 9.54. The average Bonchev–Trinajstić information content (AvgIpc) is 3.10. The van der Waals surface area contributed by atoms with E-state index < -0.39 is 11.7 Å². The Balaban J connectivity index is 1.77. The summed E-state index contributed by atoms with van der Waals surface area (Å²) in [6.07, 6.45) is -4.38. The van der Waals surface area contributed by atoms with Gasteiger partial charge in [0.05, 0.1) is 16.5 Å². The summed E-state index contributed by atoms with van der Waals surface area (Å²) in [7, 11) is 0. The number of nitrogens with zero attached hydrogens (tertiary/aromatic N) is 4. The van der Waals surface area contributed by atoms with Gasteiger partial charge in [0.2, 0.25) is 5.78 Å². The molecule has 0 radical (unpaired) electrons. The van der Waals surface area contributed by atoms with Gasteiger partial charge in [0.25, 0.3) is 5.56 Å². The molecule has 0 saturated heterocycles. The number of aryl methyl sites for hydroxylation is 1. The molecule has 9 heteroatoms. The highest BCUT2D eigenvalue weighted by Gasteiger charge is 2.30. The maximum Gasteiger partial charge on any atom is 0.416 e. The summed E-state index contributed by atoms with van der Waals surface area (Å²) in [5, 5.41) is 9.38. The van der Waals surface area contributed by atoms with Gasteiger partial charge in [0.15, 0.2) is 5.16 Å². The molecule has 0 amide bonds. The van der Waals surface area contributed by atoms with E-state index in [0.29, 0.717) is 39.7 Å². The monoisotopic (exact) mass is 404 g/mol. The van der Waals surface area contributed by atoms with Crippen LogP contribution in [0, 0.1) is 0 Å². The molecule has 0 N–H and O–H groups in total. The zero-order valence-electron chi connectivity index (χ0n) is 14.8. The lowest BCUT2D eigenvalue weighted by molar-refractivity contribution is -0.137. The highest BCUT2D eigenvalue weighted by Crippen LogP contribution is 2.31. The van der Waals surface area contributed by atoms with Crippen molar-refractivity contribution in [1.29, 1.82) is 0 Å². The van der Waals surface area contributed by atoms with Gasteiger partial charge in [-0.2, -0.15) is 13.2 Å². The van der Waals surface area contributed by atoms with Crippen LogP contribution in [-0.2, 0) is 18.5 Å². The van der Waals surface area contributed by atoms with Crippen LogP contribution in [0.1, 0.15) is 18.1 Å². The summed E-state index contributed by atoms with van der Waals surface area (Å²) in [4.78, 5) is 12.7. The standard InChI is InChI=1S/C19H15F3N4OS/c1-2-25-16(27)14-8-3-4-9-15(14)26-17(25)23-24-18(26)28-11-12-6-5-7-13(10-12)19(20,21)22/h3-10H,2,11H2,1H3. The number of hydrogen-bond donors (Lipinski definition) is 0. The molecule has 0 fully saturated rings. The first-order valence-electron chi connectivity index (χ1n) is 8.55. The first-order chi connectivity index (χ1) is 13.4. The van der Waals surface area contributed by atoms with Gasteiger partial charge in [0, 0.05) is 12.3 Å². The fourth-order valence-electron chi connectivity index (χ4n) is 3.10. The van der Waals surface area contributed by atoms with Crippen LogP contribution in [0.25, 0.3) is 16.7 Å². The molecule has 4 aromatic rings. The summed E-state index contributed by atoms with van der Waals surface area (Å²) in [6, 6.07) is 12.4. The minimum absolute atomic E-state index is 0.146. The molecule has 2 heterocycles. The van der Waals surface area contributed by atoms with Gasteiger partial charge in [-0.05, 0) is 30.7 Å². The molecule has 0 unspecified atom stereocenters. The van der Waals surface area contributed by atoms with Crippen molar-refractivity contribution in [3.8, 4) is 0 Å². The van der Waals surface area contributed by atoms with E-state index in [1.54, 1.807) is 28.7 Å². The van der Waals surface area contributed by atoms with Gasteiger partial charge >= 0.3 is 6.18 Å². The topological polar surface area (TPSA) is 52.2 Å². The Kier molecular flexibility index (Phi) is 4.62. The number of para-hydroxylation sites is 1. The Morgan fingerprint density at radius 2 is 1.86 bits per heavy atom. The van der Waals surface area contributed by atoms with E-state index in [0.717, 1.165) is 12.1 Å². The van der Waals surface area contributed by atoms with Crippen LogP contribution in [0.5, 0.6) is 0 Å². The molecule has 0 spiro atoms. The van der Waals surface area contributed by atoms with E-state index >= 15 is 0 Å². The van der Waals surface area contributed by atoms with Crippen molar-refractivity contribution < 1.29 is 13.2 Å². The van der Waals surface area contributed by atoms with Crippen LogP contribution < -0.4 is 5.56 Å². The molecule has 0 aliphatic carbocycles. The second-order valence-electron chi connectivity index (χ2n) is 6.17. The average molecular weight is 404 g/mol. The largest absolute Gasteiger partial charge is 0.416 e. The Labute approximate surface area is 161 Å². The van der Waals surface area contributed by atoms with Gasteiger partial charge in [0.1, 0.15) is 0 Å². The van der Waals surface area contributed by atoms with Crippen LogP contribution in [0.2, 0.25) is 0 Å². The summed E-state index contributed by atoms with van der Waals surface area (Å²) in [5.74, 6) is 0.711. The molecule has 2 aromatic carbocycles. The summed E-state index contributed by atoms with van der Waals surface area (Å²) in [6.45, 7) is 2.28. The van der Waals surface area contributed by atoms with E-state index in [2.05, 4.69) is 10.2 Å². The van der Waals surface area contributed by atoms with Gasteiger partial charge < -0.3 is 0 Å². The summed E-state index contributed by atoms with van der Waals surface area (Å²) >= 11 is 1.28. The van der Waals surface area contributed by atoms with E-state index in [1.807, 2.05) is 13.0 Å². The number of hydrogen-bond acceptors (Lipinski definition) is 4. The normalized spacial score (nSPS) is 12.1. The Morgan fingerprint density at radius 3 is 2.61 bits per heavy atom. The number of fused-ring (bicyclic) bond motifs is 3. The van der Waals surface area contributed by atoms with Gasteiger partial charge in [-0.15, -0.1) is 10.2 Å². The van der Waals surface area contributed by atoms with Crippen molar-refractivity contribution in [2.45, 2.75) is 30.6 Å². The third-order valence-corrected chi connectivity index (χ3v) is 5.42. The third kappa shape index (κ3) is 3.15. The van der Waals surface area contributed by atoms with E-state index in [9.17, 15) is 18.0 Å². The maximum absolute atomic E-state index is 12.9. The molecular weight excluding hydrogens is 389 g/mol. The van der Waals surface area contributed by atoms with Crippen molar-refractivity contribution in [3.63, 3.8) is 0 Å². The molecule has 4 rings (SSSR count). The minimum Gasteiger partial charge on any atom is -0.277 e. The molecule has 0 bridgehead atoms. The predicted octanol–water partition coefficient (Wildman–Crippen LogP) is 4.38. The summed E-state index contributed by atoms with van der Waals surface area (Å²) < 4.78 is 42.1. The molecule has 0 aliphatic rings. The molecule has 144 valence electrons. The second kappa shape index (κ2) is 6.97. The number of benzene rings is 2. The fraction of sp³-hybridized carbons (Fsp3) is 0.211. The highest BCUT2D eigenvalue weighted by atomic mass is 32.2. The van der Waals surface area contributed by atoms with Crippen molar-refractivity contribution in [2.24, 2.45) is 0 Å². The van der Waals surface area contributed by atoms with Crippen LogP contribution in [0.3, 0.4) is 0 Å². The molecule has 28 heavy (non-hydrogen) atoms. The Morgan fingerprint density at radius 1 is 1.07 bits per heavy atom. The number of halogens is 3. The minimum atomic E-state index is -4.38. The lowest BCUT2D eigenvalue weighted by atomic mass is 10.1. The molecule has 0 atom stereocenters. The Hall–Kier alpha value is -2.81. The fourth-order valence-corrected chi connectivity index (χ4v) is 3.98. The smallest absolute Gasteiger partial charge is 0.277 e. The molecule has 0 saturated carbocycles. The number of rotatable bonds is 4. The van der Waals surface area contributed by atoms with Gasteiger partial charge in [-0.3, -0.25) is 13.8 Å².